The van der Waals surface area contributed by atoms with Crippen LogP contribution in [0.2, 0.25) is 0 Å². The number of aryl methyl sites for hydroxylation is 1. The minimum atomic E-state index is -0.379. The quantitative estimate of drug-likeness (QED) is 0.684. The molecule has 1 heterocycles. The van der Waals surface area contributed by atoms with Crippen molar-refractivity contribution in [1.29, 1.82) is 0 Å². The molecule has 1 aliphatic rings. The molecule has 2 aromatic rings. The number of fused-ring (bicyclic) bond motifs is 1. The van der Waals surface area contributed by atoms with E-state index in [9.17, 15) is 10.1 Å². The molecule has 0 radical (unpaired) electrons. The van der Waals surface area contributed by atoms with Crippen molar-refractivity contribution in [3.8, 4) is 0 Å². The number of non-ortho nitro benzene ring substituents is 1. The number of nitrogens with one attached hydrogen (secondary N) is 1. The Morgan fingerprint density at radius 2 is 2.10 bits per heavy atom. The zero-order chi connectivity index (χ0) is 13.9. The first-order chi connectivity index (χ1) is 9.74. The van der Waals surface area contributed by atoms with Gasteiger partial charge in [0.25, 0.3) is 5.69 Å². The van der Waals surface area contributed by atoms with E-state index in [1.54, 1.807) is 30.5 Å². The third-order valence-corrected chi connectivity index (χ3v) is 3.75. The SMILES string of the molecule is O=[N+]([O-])c1ccc(CNC2CCCc3occc32)cc1. The Morgan fingerprint density at radius 3 is 2.85 bits per heavy atom. The summed E-state index contributed by atoms with van der Waals surface area (Å²) in [5.74, 6) is 1.08. The first kappa shape index (κ1) is 12.9. The van der Waals surface area contributed by atoms with Gasteiger partial charge in [-0.3, -0.25) is 10.1 Å². The molecule has 1 aromatic carbocycles. The third-order valence-electron chi connectivity index (χ3n) is 3.75. The van der Waals surface area contributed by atoms with Crippen molar-refractivity contribution in [3.05, 3.63) is 63.6 Å². The summed E-state index contributed by atoms with van der Waals surface area (Å²) < 4.78 is 5.47. The highest BCUT2D eigenvalue weighted by atomic mass is 16.6. The second-order valence-corrected chi connectivity index (χ2v) is 5.05. The number of hydrogen-bond acceptors (Lipinski definition) is 4. The van der Waals surface area contributed by atoms with Crippen molar-refractivity contribution >= 4 is 5.69 Å². The van der Waals surface area contributed by atoms with Crippen molar-refractivity contribution in [3.63, 3.8) is 0 Å². The third kappa shape index (κ3) is 2.58. The predicted molar refractivity (Wildman–Crippen MR) is 74.3 cm³/mol. The Balaban J connectivity index is 1.64. The summed E-state index contributed by atoms with van der Waals surface area (Å²) in [6, 6.07) is 9.02. The molecule has 1 unspecified atom stereocenters. The topological polar surface area (TPSA) is 68.3 Å². The largest absolute Gasteiger partial charge is 0.469 e. The first-order valence-electron chi connectivity index (χ1n) is 6.77. The molecule has 0 bridgehead atoms. The van der Waals surface area contributed by atoms with Crippen molar-refractivity contribution in [2.75, 3.05) is 0 Å². The number of nitro benzene ring substituents is 1. The van der Waals surface area contributed by atoms with Gasteiger partial charge in [-0.2, -0.15) is 0 Å². The lowest BCUT2D eigenvalue weighted by Crippen LogP contribution is -2.23. The maximum atomic E-state index is 10.6. The second-order valence-electron chi connectivity index (χ2n) is 5.05. The van der Waals surface area contributed by atoms with Gasteiger partial charge in [0.15, 0.2) is 0 Å². The van der Waals surface area contributed by atoms with E-state index in [1.165, 1.54) is 5.56 Å². The molecule has 1 aliphatic carbocycles. The summed E-state index contributed by atoms with van der Waals surface area (Å²) >= 11 is 0. The Kier molecular flexibility index (Phi) is 3.52. The minimum Gasteiger partial charge on any atom is -0.469 e. The minimum absolute atomic E-state index is 0.128. The molecule has 20 heavy (non-hydrogen) atoms. The highest BCUT2D eigenvalue weighted by Gasteiger charge is 2.21. The average Bonchev–Trinajstić information content (AvgIpc) is 2.94. The van der Waals surface area contributed by atoms with E-state index < -0.39 is 0 Å². The molecule has 5 nitrogen and oxygen atoms in total. The number of furan rings is 1. The van der Waals surface area contributed by atoms with Gasteiger partial charge in [-0.1, -0.05) is 12.1 Å². The Morgan fingerprint density at radius 1 is 1.30 bits per heavy atom. The van der Waals surface area contributed by atoms with Crippen molar-refractivity contribution in [1.82, 2.24) is 5.32 Å². The van der Waals surface area contributed by atoms with E-state index in [0.29, 0.717) is 12.6 Å². The van der Waals surface area contributed by atoms with Gasteiger partial charge in [-0.05, 0) is 24.5 Å². The molecule has 0 amide bonds. The van der Waals surface area contributed by atoms with E-state index >= 15 is 0 Å². The molecular weight excluding hydrogens is 256 g/mol. The monoisotopic (exact) mass is 272 g/mol. The fourth-order valence-corrected chi connectivity index (χ4v) is 2.68. The average molecular weight is 272 g/mol. The fourth-order valence-electron chi connectivity index (χ4n) is 2.68. The van der Waals surface area contributed by atoms with Crippen LogP contribution in [0.1, 0.15) is 35.8 Å². The fraction of sp³-hybridized carbons (Fsp3) is 0.333. The van der Waals surface area contributed by atoms with Crippen molar-refractivity contribution in [2.24, 2.45) is 0 Å². The van der Waals surface area contributed by atoms with Gasteiger partial charge < -0.3 is 9.73 Å². The van der Waals surface area contributed by atoms with Crippen LogP contribution in [0.15, 0.2) is 41.0 Å². The zero-order valence-corrected chi connectivity index (χ0v) is 11.0. The lowest BCUT2D eigenvalue weighted by molar-refractivity contribution is -0.384. The molecule has 3 rings (SSSR count). The number of rotatable bonds is 4. The van der Waals surface area contributed by atoms with Crippen molar-refractivity contribution < 1.29 is 9.34 Å². The van der Waals surface area contributed by atoms with Gasteiger partial charge in [0.05, 0.1) is 11.2 Å². The summed E-state index contributed by atoms with van der Waals surface area (Å²) in [6.45, 7) is 0.702. The summed E-state index contributed by atoms with van der Waals surface area (Å²) in [7, 11) is 0. The lowest BCUT2D eigenvalue weighted by atomic mass is 9.93. The molecule has 1 atom stereocenters. The Labute approximate surface area is 116 Å². The van der Waals surface area contributed by atoms with Gasteiger partial charge in [0.2, 0.25) is 0 Å². The zero-order valence-electron chi connectivity index (χ0n) is 11.0. The Bertz CT molecular complexity index is 604. The summed E-state index contributed by atoms with van der Waals surface area (Å²) in [6.07, 6.45) is 4.98. The molecule has 0 aliphatic heterocycles. The van der Waals surface area contributed by atoms with E-state index in [2.05, 4.69) is 5.32 Å². The molecule has 0 spiro atoms. The van der Waals surface area contributed by atoms with Crippen LogP contribution in [0.25, 0.3) is 0 Å². The smallest absolute Gasteiger partial charge is 0.269 e. The van der Waals surface area contributed by atoms with E-state index in [4.69, 9.17) is 4.42 Å². The maximum Gasteiger partial charge on any atom is 0.269 e. The van der Waals surface area contributed by atoms with Gasteiger partial charge in [0.1, 0.15) is 5.76 Å². The van der Waals surface area contributed by atoms with Crippen LogP contribution >= 0.6 is 0 Å². The molecule has 104 valence electrons. The molecule has 5 heteroatoms. The molecule has 1 N–H and O–H groups in total. The molecule has 0 saturated carbocycles. The number of nitro groups is 1. The molecule has 1 aromatic heterocycles. The van der Waals surface area contributed by atoms with E-state index in [1.807, 2.05) is 6.07 Å². The van der Waals surface area contributed by atoms with Crippen LogP contribution in [0, 0.1) is 10.1 Å². The van der Waals surface area contributed by atoms with E-state index in [-0.39, 0.29) is 10.6 Å². The van der Waals surface area contributed by atoms with E-state index in [0.717, 1.165) is 30.6 Å². The van der Waals surface area contributed by atoms with Crippen LogP contribution in [-0.4, -0.2) is 4.92 Å². The lowest BCUT2D eigenvalue weighted by Gasteiger charge is -2.22. The standard InChI is InChI=1S/C15H16N2O3/c18-17(19)12-6-4-11(5-7-12)10-16-14-2-1-3-15-13(14)8-9-20-15/h4-9,14,16H,1-3,10H2. The van der Waals surface area contributed by atoms with Crippen LogP contribution in [0.4, 0.5) is 5.69 Å². The number of nitrogens with zero attached hydrogens (tertiary/aromatic N) is 1. The van der Waals surface area contributed by atoms with Crippen LogP contribution < -0.4 is 5.32 Å². The number of benzene rings is 1. The highest BCUT2D eigenvalue weighted by Crippen LogP contribution is 2.30. The van der Waals surface area contributed by atoms with Gasteiger partial charge in [-0.15, -0.1) is 0 Å². The predicted octanol–water partition coefficient (Wildman–Crippen LogP) is 3.36. The van der Waals surface area contributed by atoms with Gasteiger partial charge in [0, 0.05) is 36.7 Å². The Hall–Kier alpha value is -2.14. The second kappa shape index (κ2) is 5.46. The summed E-state index contributed by atoms with van der Waals surface area (Å²) in [4.78, 5) is 10.2. The first-order valence-corrected chi connectivity index (χ1v) is 6.77. The van der Waals surface area contributed by atoms with Crippen LogP contribution in [0.5, 0.6) is 0 Å². The summed E-state index contributed by atoms with van der Waals surface area (Å²) in [5, 5.41) is 14.1. The maximum absolute atomic E-state index is 10.6. The summed E-state index contributed by atoms with van der Waals surface area (Å²) in [5.41, 5.74) is 2.42. The molecule has 0 saturated heterocycles. The number of hydrogen-bond donors (Lipinski definition) is 1. The van der Waals surface area contributed by atoms with Crippen LogP contribution in [-0.2, 0) is 13.0 Å². The van der Waals surface area contributed by atoms with Crippen LogP contribution in [0.3, 0.4) is 0 Å². The normalized spacial score (nSPS) is 17.7. The molecular formula is C15H16N2O3. The highest BCUT2D eigenvalue weighted by molar-refractivity contribution is 5.33. The van der Waals surface area contributed by atoms with Gasteiger partial charge >= 0.3 is 0 Å². The van der Waals surface area contributed by atoms with Crippen molar-refractivity contribution in [2.45, 2.75) is 31.8 Å². The molecule has 0 fully saturated rings. The van der Waals surface area contributed by atoms with Gasteiger partial charge in [-0.25, -0.2) is 0 Å².